The molecule has 0 unspecified atom stereocenters. The number of carbonyl (C=O) groups is 1. The van der Waals surface area contributed by atoms with Crippen molar-refractivity contribution in [2.75, 3.05) is 6.54 Å². The van der Waals surface area contributed by atoms with Gasteiger partial charge in [-0.25, -0.2) is 9.97 Å². The summed E-state index contributed by atoms with van der Waals surface area (Å²) in [6.45, 7) is 0.742. The lowest BCUT2D eigenvalue weighted by Gasteiger charge is -2.07. The van der Waals surface area contributed by atoms with Crippen molar-refractivity contribution in [2.45, 2.75) is 6.54 Å². The lowest BCUT2D eigenvalue weighted by molar-refractivity contribution is 0.0952. The van der Waals surface area contributed by atoms with E-state index in [1.165, 1.54) is 33.6 Å². The predicted octanol–water partition coefficient (Wildman–Crippen LogP) is 2.50. The molecule has 8 heteroatoms. The van der Waals surface area contributed by atoms with Gasteiger partial charge < -0.3 is 5.32 Å². The maximum Gasteiger partial charge on any atom is 0.271 e. The second-order valence-electron chi connectivity index (χ2n) is 5.17. The number of aromatic nitrogens is 3. The molecule has 0 saturated carbocycles. The summed E-state index contributed by atoms with van der Waals surface area (Å²) in [5.41, 5.74) is 3.87. The van der Waals surface area contributed by atoms with E-state index in [0.29, 0.717) is 28.9 Å². The summed E-state index contributed by atoms with van der Waals surface area (Å²) < 4.78 is 3.14. The summed E-state index contributed by atoms with van der Waals surface area (Å²) in [5, 5.41) is 4.68. The monoisotopic (exact) mass is 356 g/mol. The first-order valence-electron chi connectivity index (χ1n) is 7.26. The van der Waals surface area contributed by atoms with Crippen LogP contribution in [0.5, 0.6) is 0 Å². The Morgan fingerprint density at radius 1 is 1.17 bits per heavy atom. The van der Waals surface area contributed by atoms with Crippen LogP contribution in [0.25, 0.3) is 20.4 Å². The Morgan fingerprint density at radius 3 is 3.00 bits per heavy atom. The SMILES string of the molecule is O=C(NCCn1cnc2ccsc2c1=O)c1ccc2ncsc2c1. The van der Waals surface area contributed by atoms with E-state index in [9.17, 15) is 9.59 Å². The van der Waals surface area contributed by atoms with E-state index in [-0.39, 0.29) is 11.5 Å². The minimum atomic E-state index is -0.163. The molecule has 0 saturated heterocycles. The summed E-state index contributed by atoms with van der Waals surface area (Å²) in [4.78, 5) is 32.9. The van der Waals surface area contributed by atoms with Gasteiger partial charge >= 0.3 is 0 Å². The highest BCUT2D eigenvalue weighted by Crippen LogP contribution is 2.19. The molecule has 1 N–H and O–H groups in total. The first-order valence-corrected chi connectivity index (χ1v) is 9.02. The van der Waals surface area contributed by atoms with E-state index in [1.807, 2.05) is 23.6 Å². The molecule has 4 rings (SSSR count). The summed E-state index contributed by atoms with van der Waals surface area (Å²) >= 11 is 2.88. The van der Waals surface area contributed by atoms with Crippen molar-refractivity contribution < 1.29 is 4.79 Å². The molecule has 6 nitrogen and oxygen atoms in total. The fourth-order valence-corrected chi connectivity index (χ4v) is 3.94. The van der Waals surface area contributed by atoms with Crippen molar-refractivity contribution in [2.24, 2.45) is 0 Å². The molecular weight excluding hydrogens is 344 g/mol. The summed E-state index contributed by atoms with van der Waals surface area (Å²) in [6, 6.07) is 7.24. The minimum Gasteiger partial charge on any atom is -0.350 e. The van der Waals surface area contributed by atoms with E-state index in [4.69, 9.17) is 0 Å². The van der Waals surface area contributed by atoms with Crippen LogP contribution in [0.1, 0.15) is 10.4 Å². The Bertz CT molecular complexity index is 1100. The van der Waals surface area contributed by atoms with Crippen LogP contribution in [0.2, 0.25) is 0 Å². The fourth-order valence-electron chi connectivity index (χ4n) is 2.43. The van der Waals surface area contributed by atoms with Gasteiger partial charge in [0.05, 0.1) is 27.6 Å². The Hall–Kier alpha value is -2.58. The average Bonchev–Trinajstić information content (AvgIpc) is 3.24. The van der Waals surface area contributed by atoms with Gasteiger partial charge in [-0.15, -0.1) is 22.7 Å². The Labute approximate surface area is 144 Å². The van der Waals surface area contributed by atoms with E-state index in [2.05, 4.69) is 15.3 Å². The molecule has 0 aliphatic heterocycles. The van der Waals surface area contributed by atoms with Crippen LogP contribution in [-0.2, 0) is 6.54 Å². The predicted molar refractivity (Wildman–Crippen MR) is 95.8 cm³/mol. The van der Waals surface area contributed by atoms with Gasteiger partial charge in [-0.1, -0.05) is 0 Å². The van der Waals surface area contributed by atoms with Crippen molar-refractivity contribution in [1.29, 1.82) is 0 Å². The van der Waals surface area contributed by atoms with Crippen molar-refractivity contribution in [3.63, 3.8) is 0 Å². The van der Waals surface area contributed by atoms with Gasteiger partial charge in [-0.05, 0) is 29.6 Å². The number of fused-ring (bicyclic) bond motifs is 2. The number of benzene rings is 1. The third kappa shape index (κ3) is 2.70. The second-order valence-corrected chi connectivity index (χ2v) is 6.97. The highest BCUT2D eigenvalue weighted by atomic mass is 32.1. The Morgan fingerprint density at radius 2 is 2.08 bits per heavy atom. The van der Waals surface area contributed by atoms with Crippen LogP contribution in [0.3, 0.4) is 0 Å². The summed E-state index contributed by atoms with van der Waals surface area (Å²) in [5.74, 6) is -0.163. The minimum absolute atomic E-state index is 0.0738. The Kier molecular flexibility index (Phi) is 3.83. The normalized spacial score (nSPS) is 11.2. The largest absolute Gasteiger partial charge is 0.350 e. The van der Waals surface area contributed by atoms with Gasteiger partial charge in [0, 0.05) is 18.7 Å². The zero-order chi connectivity index (χ0) is 16.5. The van der Waals surface area contributed by atoms with E-state index >= 15 is 0 Å². The molecule has 120 valence electrons. The fraction of sp³-hybridized carbons (Fsp3) is 0.125. The molecule has 0 atom stereocenters. The third-order valence-corrected chi connectivity index (χ3v) is 5.35. The molecule has 3 aromatic heterocycles. The molecule has 0 aliphatic carbocycles. The van der Waals surface area contributed by atoms with Gasteiger partial charge in [0.15, 0.2) is 0 Å². The lowest BCUT2D eigenvalue weighted by atomic mass is 10.2. The second kappa shape index (κ2) is 6.14. The number of carbonyl (C=O) groups excluding carboxylic acids is 1. The van der Waals surface area contributed by atoms with Gasteiger partial charge in [-0.2, -0.15) is 0 Å². The zero-order valence-corrected chi connectivity index (χ0v) is 14.1. The molecule has 1 aromatic carbocycles. The maximum atomic E-state index is 12.3. The van der Waals surface area contributed by atoms with Gasteiger partial charge in [0.25, 0.3) is 11.5 Å². The smallest absolute Gasteiger partial charge is 0.271 e. The number of rotatable bonds is 4. The molecule has 3 heterocycles. The van der Waals surface area contributed by atoms with Crippen molar-refractivity contribution in [3.05, 3.63) is 57.4 Å². The van der Waals surface area contributed by atoms with Crippen molar-refractivity contribution in [1.82, 2.24) is 19.9 Å². The highest BCUT2D eigenvalue weighted by Gasteiger charge is 2.08. The number of thiophene rings is 1. The molecule has 24 heavy (non-hydrogen) atoms. The standard InChI is InChI=1S/C16H12N4O2S2/c21-15(10-1-2-11-13(7-10)24-9-19-11)17-4-5-20-8-18-12-3-6-23-14(12)16(20)22/h1-3,6-9H,4-5H2,(H,17,21). The lowest BCUT2D eigenvalue weighted by Crippen LogP contribution is -2.30. The molecule has 0 fully saturated rings. The van der Waals surface area contributed by atoms with Crippen LogP contribution in [-0.4, -0.2) is 27.0 Å². The number of thiazole rings is 1. The molecule has 0 spiro atoms. The van der Waals surface area contributed by atoms with Crippen molar-refractivity contribution in [3.8, 4) is 0 Å². The van der Waals surface area contributed by atoms with Crippen LogP contribution in [0.4, 0.5) is 0 Å². The van der Waals surface area contributed by atoms with E-state index in [0.717, 1.165) is 10.2 Å². The first kappa shape index (κ1) is 15.0. The molecular formula is C16H12N4O2S2. The quantitative estimate of drug-likeness (QED) is 0.609. The van der Waals surface area contributed by atoms with Crippen molar-refractivity contribution >= 4 is 49.0 Å². The summed E-state index contributed by atoms with van der Waals surface area (Å²) in [6.07, 6.45) is 1.52. The van der Waals surface area contributed by atoms with Crippen LogP contribution in [0, 0.1) is 0 Å². The van der Waals surface area contributed by atoms with Gasteiger partial charge in [0.2, 0.25) is 0 Å². The molecule has 0 bridgehead atoms. The van der Waals surface area contributed by atoms with E-state index in [1.54, 1.807) is 11.6 Å². The molecule has 4 aromatic rings. The number of hydrogen-bond acceptors (Lipinski definition) is 6. The number of hydrogen-bond donors (Lipinski definition) is 1. The maximum absolute atomic E-state index is 12.3. The number of nitrogens with zero attached hydrogens (tertiary/aromatic N) is 3. The highest BCUT2D eigenvalue weighted by molar-refractivity contribution is 7.17. The Balaban J connectivity index is 1.45. The first-order chi connectivity index (χ1) is 11.7. The van der Waals surface area contributed by atoms with Gasteiger partial charge in [0.1, 0.15) is 4.70 Å². The van der Waals surface area contributed by atoms with Crippen LogP contribution in [0.15, 0.2) is 46.3 Å². The molecule has 0 aliphatic rings. The average molecular weight is 356 g/mol. The number of nitrogens with one attached hydrogen (secondary N) is 1. The van der Waals surface area contributed by atoms with Crippen LogP contribution >= 0.6 is 22.7 Å². The van der Waals surface area contributed by atoms with E-state index < -0.39 is 0 Å². The van der Waals surface area contributed by atoms with Crippen LogP contribution < -0.4 is 10.9 Å². The summed E-state index contributed by atoms with van der Waals surface area (Å²) in [7, 11) is 0. The molecule has 1 amide bonds. The molecule has 0 radical (unpaired) electrons. The zero-order valence-electron chi connectivity index (χ0n) is 12.4. The third-order valence-electron chi connectivity index (χ3n) is 3.67. The number of amides is 1. The topological polar surface area (TPSA) is 76.9 Å². The van der Waals surface area contributed by atoms with Gasteiger partial charge in [-0.3, -0.25) is 14.2 Å².